The summed E-state index contributed by atoms with van der Waals surface area (Å²) in [6.07, 6.45) is 12.3. The van der Waals surface area contributed by atoms with Gasteiger partial charge < -0.3 is 0 Å². The summed E-state index contributed by atoms with van der Waals surface area (Å²) in [6, 6.07) is 0. The van der Waals surface area contributed by atoms with Gasteiger partial charge in [0.25, 0.3) is 0 Å². The highest BCUT2D eigenvalue weighted by atomic mass is 14.2. The number of hydrogen-bond donors (Lipinski definition) is 0. The third-order valence-electron chi connectivity index (χ3n) is 2.41. The molecule has 0 saturated carbocycles. The van der Waals surface area contributed by atoms with Crippen LogP contribution in [0.5, 0.6) is 0 Å². The van der Waals surface area contributed by atoms with Crippen molar-refractivity contribution < 1.29 is 0 Å². The maximum Gasteiger partial charge on any atom is 0.00367 e. The lowest BCUT2D eigenvalue weighted by Crippen LogP contribution is -2.09. The van der Waals surface area contributed by atoms with Crippen LogP contribution in [0.3, 0.4) is 0 Å². The van der Waals surface area contributed by atoms with Crippen LogP contribution in [0.1, 0.15) is 27.2 Å². The first-order chi connectivity index (χ1) is 5.20. The first-order valence-corrected chi connectivity index (χ1v) is 4.25. The molecule has 0 radical (unpaired) electrons. The second kappa shape index (κ2) is 3.08. The first kappa shape index (κ1) is 8.32. The van der Waals surface area contributed by atoms with Crippen LogP contribution in [0.25, 0.3) is 0 Å². The van der Waals surface area contributed by atoms with Gasteiger partial charge in [0.2, 0.25) is 0 Å². The van der Waals surface area contributed by atoms with E-state index in [1.165, 1.54) is 12.0 Å². The van der Waals surface area contributed by atoms with Crippen molar-refractivity contribution in [1.29, 1.82) is 0 Å². The van der Waals surface area contributed by atoms with Crippen molar-refractivity contribution in [3.63, 3.8) is 0 Å². The van der Waals surface area contributed by atoms with Crippen molar-refractivity contribution >= 4 is 0 Å². The Morgan fingerprint density at radius 1 is 1.36 bits per heavy atom. The molecule has 0 aromatic rings. The Bertz CT molecular complexity index is 200. The molecule has 0 aromatic carbocycles. The summed E-state index contributed by atoms with van der Waals surface area (Å²) in [5.41, 5.74) is 1.61. The molecule has 0 heteroatoms. The Hall–Kier alpha value is -0.780. The molecule has 0 heterocycles. The topological polar surface area (TPSA) is 0 Å². The molecule has 0 aliphatic heterocycles. The molecule has 0 atom stereocenters. The molecule has 1 aliphatic carbocycles. The Labute approximate surface area is 69.3 Å². The van der Waals surface area contributed by atoms with E-state index in [9.17, 15) is 0 Å². The zero-order valence-corrected chi connectivity index (χ0v) is 7.59. The lowest BCUT2D eigenvalue weighted by atomic mass is 9.83. The molecule has 0 unspecified atom stereocenters. The quantitative estimate of drug-likeness (QED) is 0.534. The molecule has 60 valence electrons. The van der Waals surface area contributed by atoms with Crippen molar-refractivity contribution in [2.24, 2.45) is 5.41 Å². The number of allylic oxidation sites excluding steroid dienone is 6. The summed E-state index contributed by atoms with van der Waals surface area (Å²) in [5, 5.41) is 0. The van der Waals surface area contributed by atoms with Gasteiger partial charge in [0.15, 0.2) is 0 Å². The fourth-order valence-corrected chi connectivity index (χ4v) is 1.11. The maximum absolute atomic E-state index is 2.28. The van der Waals surface area contributed by atoms with E-state index in [1.54, 1.807) is 0 Å². The molecule has 0 aromatic heterocycles. The average Bonchev–Trinajstić information content (AvgIpc) is 2.06. The second-order valence-electron chi connectivity index (χ2n) is 3.31. The third-order valence-corrected chi connectivity index (χ3v) is 2.41. The molecular formula is C11H16. The van der Waals surface area contributed by atoms with Gasteiger partial charge in [-0.2, -0.15) is 0 Å². The van der Waals surface area contributed by atoms with Crippen LogP contribution in [0, 0.1) is 5.41 Å². The van der Waals surface area contributed by atoms with Crippen molar-refractivity contribution in [2.75, 3.05) is 0 Å². The number of rotatable bonds is 1. The zero-order valence-electron chi connectivity index (χ0n) is 7.59. The smallest absolute Gasteiger partial charge is 0.00367 e. The van der Waals surface area contributed by atoms with Crippen molar-refractivity contribution in [3.05, 3.63) is 36.0 Å². The molecular weight excluding hydrogens is 132 g/mol. The van der Waals surface area contributed by atoms with E-state index in [1.807, 2.05) is 0 Å². The van der Waals surface area contributed by atoms with Gasteiger partial charge in [0.1, 0.15) is 0 Å². The summed E-state index contributed by atoms with van der Waals surface area (Å²) in [7, 11) is 0. The predicted molar refractivity (Wildman–Crippen MR) is 50.4 cm³/mol. The Morgan fingerprint density at radius 3 is 2.27 bits per heavy atom. The van der Waals surface area contributed by atoms with Crippen molar-refractivity contribution in [2.45, 2.75) is 27.2 Å². The molecule has 0 nitrogen and oxygen atoms in total. The van der Waals surface area contributed by atoms with E-state index in [0.717, 1.165) is 0 Å². The number of hydrogen-bond acceptors (Lipinski definition) is 0. The SMILES string of the molecule is CC=C1C=CC(C)(CC)C=C1. The molecule has 0 amide bonds. The third kappa shape index (κ3) is 1.83. The Balaban J connectivity index is 2.79. The Morgan fingerprint density at radius 2 is 1.91 bits per heavy atom. The molecule has 0 saturated heterocycles. The zero-order chi connectivity index (χ0) is 8.32. The van der Waals surface area contributed by atoms with Crippen LogP contribution in [-0.2, 0) is 0 Å². The summed E-state index contributed by atoms with van der Waals surface area (Å²) in [4.78, 5) is 0. The van der Waals surface area contributed by atoms with E-state index in [4.69, 9.17) is 0 Å². The van der Waals surface area contributed by atoms with Crippen LogP contribution in [0.4, 0.5) is 0 Å². The first-order valence-electron chi connectivity index (χ1n) is 4.25. The standard InChI is InChI=1S/C11H16/c1-4-10-6-8-11(3,5-2)9-7-10/h4,6-9H,5H2,1-3H3. The van der Waals surface area contributed by atoms with Crippen LogP contribution in [0.15, 0.2) is 36.0 Å². The normalized spacial score (nSPS) is 29.2. The summed E-state index contributed by atoms with van der Waals surface area (Å²) in [5.74, 6) is 0. The molecule has 1 aliphatic rings. The molecule has 0 fully saturated rings. The second-order valence-corrected chi connectivity index (χ2v) is 3.31. The highest BCUT2D eigenvalue weighted by Gasteiger charge is 2.15. The lowest BCUT2D eigenvalue weighted by Gasteiger charge is -2.22. The molecule has 0 spiro atoms. The molecule has 0 N–H and O–H groups in total. The summed E-state index contributed by atoms with van der Waals surface area (Å²) >= 11 is 0. The van der Waals surface area contributed by atoms with Gasteiger partial charge >= 0.3 is 0 Å². The van der Waals surface area contributed by atoms with E-state index in [-0.39, 0.29) is 0 Å². The van der Waals surface area contributed by atoms with Crippen LogP contribution in [0.2, 0.25) is 0 Å². The summed E-state index contributed by atoms with van der Waals surface area (Å²) in [6.45, 7) is 6.54. The fraction of sp³-hybridized carbons (Fsp3) is 0.455. The van der Waals surface area contributed by atoms with Gasteiger partial charge in [-0.05, 0) is 18.9 Å². The van der Waals surface area contributed by atoms with E-state index in [2.05, 4.69) is 51.2 Å². The van der Waals surface area contributed by atoms with Crippen LogP contribution in [-0.4, -0.2) is 0 Å². The van der Waals surface area contributed by atoms with E-state index < -0.39 is 0 Å². The molecule has 1 rings (SSSR count). The minimum atomic E-state index is 0.298. The van der Waals surface area contributed by atoms with Gasteiger partial charge in [0.05, 0.1) is 0 Å². The van der Waals surface area contributed by atoms with E-state index in [0.29, 0.717) is 5.41 Å². The monoisotopic (exact) mass is 148 g/mol. The van der Waals surface area contributed by atoms with Gasteiger partial charge in [-0.15, -0.1) is 0 Å². The van der Waals surface area contributed by atoms with Gasteiger partial charge in [-0.3, -0.25) is 0 Å². The highest BCUT2D eigenvalue weighted by Crippen LogP contribution is 2.29. The van der Waals surface area contributed by atoms with Crippen molar-refractivity contribution in [1.82, 2.24) is 0 Å². The van der Waals surface area contributed by atoms with Crippen LogP contribution < -0.4 is 0 Å². The molecule has 0 bridgehead atoms. The Kier molecular flexibility index (Phi) is 2.33. The lowest BCUT2D eigenvalue weighted by molar-refractivity contribution is 0.527. The predicted octanol–water partition coefficient (Wildman–Crippen LogP) is 3.48. The highest BCUT2D eigenvalue weighted by molar-refractivity contribution is 5.37. The largest absolute Gasteiger partial charge is 0.0804 e. The van der Waals surface area contributed by atoms with Gasteiger partial charge in [-0.25, -0.2) is 0 Å². The minimum absolute atomic E-state index is 0.298. The van der Waals surface area contributed by atoms with Gasteiger partial charge in [0, 0.05) is 5.41 Å². The van der Waals surface area contributed by atoms with Gasteiger partial charge in [-0.1, -0.05) is 44.2 Å². The van der Waals surface area contributed by atoms with E-state index >= 15 is 0 Å². The average molecular weight is 148 g/mol. The maximum atomic E-state index is 2.28. The van der Waals surface area contributed by atoms with Crippen molar-refractivity contribution in [3.8, 4) is 0 Å². The minimum Gasteiger partial charge on any atom is -0.0804 e. The molecule has 11 heavy (non-hydrogen) atoms. The summed E-state index contributed by atoms with van der Waals surface area (Å²) < 4.78 is 0. The fourth-order valence-electron chi connectivity index (χ4n) is 1.11. The van der Waals surface area contributed by atoms with Crippen LogP contribution >= 0.6 is 0 Å².